The zero-order chi connectivity index (χ0) is 16.4. The van der Waals surface area contributed by atoms with Crippen molar-refractivity contribution in [2.45, 2.75) is 39.2 Å². The zero-order valence-electron chi connectivity index (χ0n) is 12.9. The first-order valence-corrected chi connectivity index (χ1v) is 7.38. The van der Waals surface area contributed by atoms with Crippen molar-refractivity contribution in [2.24, 2.45) is 0 Å². The number of nitrogens with one attached hydrogen (secondary N) is 2. The summed E-state index contributed by atoms with van der Waals surface area (Å²) in [6.07, 6.45) is 1.78. The number of imide groups is 1. The van der Waals surface area contributed by atoms with Crippen molar-refractivity contribution in [2.75, 3.05) is 6.61 Å². The minimum Gasteiger partial charge on any atom is -0.449 e. The number of benzene rings is 1. The number of hydrogen-bond acceptors (Lipinski definition) is 4. The fourth-order valence-corrected chi connectivity index (χ4v) is 1.79. The second-order valence-corrected chi connectivity index (χ2v) is 4.90. The van der Waals surface area contributed by atoms with Crippen LogP contribution in [0.25, 0.3) is 0 Å². The second-order valence-electron chi connectivity index (χ2n) is 4.90. The van der Waals surface area contributed by atoms with E-state index >= 15 is 0 Å². The molecule has 0 fully saturated rings. The number of unbranched alkanes of at least 4 members (excludes halogenated alkanes) is 2. The van der Waals surface area contributed by atoms with Crippen LogP contribution in [-0.4, -0.2) is 24.5 Å². The summed E-state index contributed by atoms with van der Waals surface area (Å²) in [5, 5.41) is 4.42. The number of hydrogen-bond donors (Lipinski definition) is 2. The maximum Gasteiger partial charge on any atom is 0.414 e. The van der Waals surface area contributed by atoms with E-state index in [2.05, 4.69) is 5.32 Å². The highest BCUT2D eigenvalue weighted by atomic mass is 16.5. The van der Waals surface area contributed by atoms with E-state index in [1.54, 1.807) is 6.92 Å². The first-order chi connectivity index (χ1) is 10.5. The Kier molecular flexibility index (Phi) is 7.67. The number of rotatable bonds is 6. The Morgan fingerprint density at radius 2 is 1.77 bits per heavy atom. The first kappa shape index (κ1) is 17.7. The molecule has 2 N–H and O–H groups in total. The van der Waals surface area contributed by atoms with Gasteiger partial charge in [0.15, 0.2) is 0 Å². The van der Waals surface area contributed by atoms with E-state index in [1.165, 1.54) is 0 Å². The highest BCUT2D eigenvalue weighted by Crippen LogP contribution is 2.10. The van der Waals surface area contributed by atoms with Crippen molar-refractivity contribution >= 4 is 17.9 Å². The lowest BCUT2D eigenvalue weighted by atomic mass is 10.1. The highest BCUT2D eigenvalue weighted by molar-refractivity contribution is 6.37. The lowest BCUT2D eigenvalue weighted by Gasteiger charge is -2.13. The minimum absolute atomic E-state index is 0.231. The summed E-state index contributed by atoms with van der Waals surface area (Å²) in [5.74, 6) is -1.90. The SMILES string of the molecule is CCCCCOC(=O)NC(=O)C(=O)N[C@H](C)c1ccccc1. The smallest absolute Gasteiger partial charge is 0.414 e. The predicted molar refractivity (Wildman–Crippen MR) is 82.0 cm³/mol. The van der Waals surface area contributed by atoms with Crippen LogP contribution in [0.4, 0.5) is 4.79 Å². The van der Waals surface area contributed by atoms with Gasteiger partial charge in [0.2, 0.25) is 0 Å². The third-order valence-corrected chi connectivity index (χ3v) is 3.05. The Hall–Kier alpha value is -2.37. The number of carbonyl (C=O) groups excluding carboxylic acids is 3. The van der Waals surface area contributed by atoms with Gasteiger partial charge in [-0.2, -0.15) is 0 Å². The number of alkyl carbamates (subject to hydrolysis) is 1. The second kappa shape index (κ2) is 9.55. The molecule has 1 atom stereocenters. The molecular formula is C16H22N2O4. The molecule has 6 nitrogen and oxygen atoms in total. The van der Waals surface area contributed by atoms with Crippen LogP contribution in [0.2, 0.25) is 0 Å². The van der Waals surface area contributed by atoms with Crippen molar-refractivity contribution in [1.82, 2.24) is 10.6 Å². The molecule has 0 aliphatic heterocycles. The Balaban J connectivity index is 2.35. The highest BCUT2D eigenvalue weighted by Gasteiger charge is 2.19. The Bertz CT molecular complexity index is 502. The van der Waals surface area contributed by atoms with Gasteiger partial charge in [0.1, 0.15) is 0 Å². The van der Waals surface area contributed by atoms with Crippen molar-refractivity contribution in [3.8, 4) is 0 Å². The third-order valence-electron chi connectivity index (χ3n) is 3.05. The largest absolute Gasteiger partial charge is 0.449 e. The zero-order valence-corrected chi connectivity index (χ0v) is 12.9. The van der Waals surface area contributed by atoms with Crippen LogP contribution in [0.1, 0.15) is 44.7 Å². The molecule has 0 aliphatic carbocycles. The van der Waals surface area contributed by atoms with E-state index in [1.807, 2.05) is 42.6 Å². The van der Waals surface area contributed by atoms with Crippen molar-refractivity contribution < 1.29 is 19.1 Å². The monoisotopic (exact) mass is 306 g/mol. The van der Waals surface area contributed by atoms with Crippen LogP contribution in [-0.2, 0) is 14.3 Å². The Morgan fingerprint density at radius 1 is 1.09 bits per heavy atom. The summed E-state index contributed by atoms with van der Waals surface area (Å²) in [4.78, 5) is 34.6. The van der Waals surface area contributed by atoms with Crippen molar-refractivity contribution in [3.63, 3.8) is 0 Å². The van der Waals surface area contributed by atoms with Gasteiger partial charge in [-0.1, -0.05) is 50.1 Å². The quantitative estimate of drug-likeness (QED) is 0.624. The summed E-state index contributed by atoms with van der Waals surface area (Å²) < 4.78 is 4.80. The lowest BCUT2D eigenvalue weighted by Crippen LogP contribution is -2.43. The van der Waals surface area contributed by atoms with E-state index in [4.69, 9.17) is 4.74 Å². The van der Waals surface area contributed by atoms with Crippen LogP contribution >= 0.6 is 0 Å². The fourth-order valence-electron chi connectivity index (χ4n) is 1.79. The average Bonchev–Trinajstić information content (AvgIpc) is 2.52. The van der Waals surface area contributed by atoms with Gasteiger partial charge < -0.3 is 10.1 Å². The molecule has 0 unspecified atom stereocenters. The molecule has 120 valence electrons. The lowest BCUT2D eigenvalue weighted by molar-refractivity contribution is -0.139. The molecule has 0 spiro atoms. The van der Waals surface area contributed by atoms with Crippen molar-refractivity contribution in [1.29, 1.82) is 0 Å². The summed E-state index contributed by atoms with van der Waals surface area (Å²) in [6.45, 7) is 4.01. The molecule has 1 rings (SSSR count). The summed E-state index contributed by atoms with van der Waals surface area (Å²) in [7, 11) is 0. The Morgan fingerprint density at radius 3 is 2.41 bits per heavy atom. The number of amides is 3. The molecule has 1 aromatic rings. The van der Waals surface area contributed by atoms with Gasteiger partial charge >= 0.3 is 17.9 Å². The van der Waals surface area contributed by atoms with Gasteiger partial charge in [-0.05, 0) is 18.9 Å². The molecule has 0 radical (unpaired) electrons. The molecule has 0 saturated carbocycles. The van der Waals surface area contributed by atoms with E-state index in [-0.39, 0.29) is 12.6 Å². The van der Waals surface area contributed by atoms with Crippen LogP contribution in [0.15, 0.2) is 30.3 Å². The minimum atomic E-state index is -1.02. The number of ether oxygens (including phenoxy) is 1. The molecule has 6 heteroatoms. The molecule has 22 heavy (non-hydrogen) atoms. The van der Waals surface area contributed by atoms with E-state index in [9.17, 15) is 14.4 Å². The maximum atomic E-state index is 11.7. The van der Waals surface area contributed by atoms with Gasteiger partial charge in [0, 0.05) is 0 Å². The van der Waals surface area contributed by atoms with Gasteiger partial charge in [0.05, 0.1) is 12.6 Å². The van der Waals surface area contributed by atoms with Gasteiger partial charge in [-0.25, -0.2) is 4.79 Å². The average molecular weight is 306 g/mol. The van der Waals surface area contributed by atoms with E-state index in [0.717, 1.165) is 24.8 Å². The molecule has 0 heterocycles. The van der Waals surface area contributed by atoms with Crippen LogP contribution in [0, 0.1) is 0 Å². The summed E-state index contributed by atoms with van der Waals surface area (Å²) >= 11 is 0. The molecule has 0 aromatic heterocycles. The predicted octanol–water partition coefficient (Wildman–Crippen LogP) is 2.31. The summed E-state index contributed by atoms with van der Waals surface area (Å²) in [5.41, 5.74) is 0.866. The van der Waals surface area contributed by atoms with Crippen LogP contribution in [0.3, 0.4) is 0 Å². The fraction of sp³-hybridized carbons (Fsp3) is 0.438. The number of carbonyl (C=O) groups is 3. The molecule has 0 bridgehead atoms. The standard InChI is InChI=1S/C16H22N2O4/c1-3-4-8-11-22-16(21)18-15(20)14(19)17-12(2)13-9-6-5-7-10-13/h5-7,9-10,12H,3-4,8,11H2,1-2H3,(H,17,19)(H,18,20,21)/t12-/m1/s1. The van der Waals surface area contributed by atoms with Crippen LogP contribution < -0.4 is 10.6 Å². The van der Waals surface area contributed by atoms with E-state index in [0.29, 0.717) is 0 Å². The van der Waals surface area contributed by atoms with Crippen molar-refractivity contribution in [3.05, 3.63) is 35.9 Å². The van der Waals surface area contributed by atoms with E-state index < -0.39 is 17.9 Å². The molecule has 0 aliphatic rings. The molecule has 3 amide bonds. The molecule has 0 saturated heterocycles. The van der Waals surface area contributed by atoms with Gasteiger partial charge in [0.25, 0.3) is 0 Å². The first-order valence-electron chi connectivity index (χ1n) is 7.38. The third kappa shape index (κ3) is 6.39. The molecular weight excluding hydrogens is 284 g/mol. The normalized spacial score (nSPS) is 11.4. The molecule has 1 aromatic carbocycles. The maximum absolute atomic E-state index is 11.7. The topological polar surface area (TPSA) is 84.5 Å². The summed E-state index contributed by atoms with van der Waals surface area (Å²) in [6, 6.07) is 8.88. The van der Waals surface area contributed by atoms with Gasteiger partial charge in [-0.3, -0.25) is 14.9 Å². The Labute approximate surface area is 130 Å². The van der Waals surface area contributed by atoms with Gasteiger partial charge in [-0.15, -0.1) is 0 Å². The van der Waals surface area contributed by atoms with Crippen LogP contribution in [0.5, 0.6) is 0 Å².